The van der Waals surface area contributed by atoms with Crippen LogP contribution in [-0.2, 0) is 5.41 Å². The molecule has 0 bridgehead atoms. The molecule has 2 heteroatoms. The van der Waals surface area contributed by atoms with Crippen LogP contribution in [0.25, 0.3) is 55.6 Å². The van der Waals surface area contributed by atoms with Gasteiger partial charge < -0.3 is 4.90 Å². The zero-order valence-electron chi connectivity index (χ0n) is 40.7. The third-order valence-corrected chi connectivity index (χ3v) is 15.4. The van der Waals surface area contributed by atoms with Gasteiger partial charge in [0, 0.05) is 27.4 Å². The SMILES string of the molecule is CCCCCCCCC1(CCCCCCCC)c2cc(-c3ccccc3)ccc2-c2ccc(-c3ccc(N(c4ccc(-c5ccccc5)cc4)c4ccc(-c5ccc(SC)cc5)cc4)cc3)cc21. The van der Waals surface area contributed by atoms with Gasteiger partial charge in [-0.1, -0.05) is 224 Å². The topological polar surface area (TPSA) is 3.24 Å². The number of hydrogen-bond acceptors (Lipinski definition) is 2. The van der Waals surface area contributed by atoms with Gasteiger partial charge in [0.05, 0.1) is 0 Å². The van der Waals surface area contributed by atoms with E-state index in [2.05, 4.69) is 219 Å². The summed E-state index contributed by atoms with van der Waals surface area (Å²) in [5.41, 5.74) is 19.5. The van der Waals surface area contributed by atoms with E-state index in [1.807, 2.05) is 0 Å². The van der Waals surface area contributed by atoms with E-state index in [0.717, 1.165) is 17.1 Å². The molecule has 1 aliphatic carbocycles. The van der Waals surface area contributed by atoms with Crippen LogP contribution in [0, 0.1) is 0 Å². The Morgan fingerprint density at radius 3 is 1.06 bits per heavy atom. The number of anilines is 3. The molecule has 0 heterocycles. The van der Waals surface area contributed by atoms with Crippen LogP contribution in [0.2, 0.25) is 0 Å². The fourth-order valence-corrected chi connectivity index (χ4v) is 11.2. The molecule has 0 aliphatic heterocycles. The van der Waals surface area contributed by atoms with Crippen molar-refractivity contribution in [2.24, 2.45) is 0 Å². The van der Waals surface area contributed by atoms with E-state index in [-0.39, 0.29) is 5.41 Å². The number of thioether (sulfide) groups is 1. The van der Waals surface area contributed by atoms with E-state index in [9.17, 15) is 0 Å². The van der Waals surface area contributed by atoms with Gasteiger partial charge >= 0.3 is 0 Å². The van der Waals surface area contributed by atoms with Gasteiger partial charge in [-0.15, -0.1) is 11.8 Å². The minimum atomic E-state index is -0.00714. The molecule has 1 aliphatic rings. The predicted octanol–water partition coefficient (Wildman–Crippen LogP) is 20.3. The van der Waals surface area contributed by atoms with Crippen molar-refractivity contribution in [2.45, 2.75) is 114 Å². The van der Waals surface area contributed by atoms with Gasteiger partial charge in [0.1, 0.15) is 0 Å². The van der Waals surface area contributed by atoms with Crippen molar-refractivity contribution in [3.8, 4) is 55.6 Å². The monoisotopic (exact) mass is 908 g/mol. The Kier molecular flexibility index (Phi) is 15.8. The Labute approximate surface area is 412 Å². The van der Waals surface area contributed by atoms with Crippen molar-refractivity contribution in [3.63, 3.8) is 0 Å². The summed E-state index contributed by atoms with van der Waals surface area (Å²) in [6.45, 7) is 4.65. The molecular formula is C66H69NS. The Bertz CT molecular complexity index is 2790. The first-order valence-electron chi connectivity index (χ1n) is 25.7. The fraction of sp³-hybridized carbons (Fsp3) is 0.273. The molecule has 0 atom stereocenters. The van der Waals surface area contributed by atoms with Crippen molar-refractivity contribution in [1.82, 2.24) is 0 Å². The van der Waals surface area contributed by atoms with E-state index in [0.29, 0.717) is 0 Å². The zero-order chi connectivity index (χ0) is 46.5. The smallest absolute Gasteiger partial charge is 0.0462 e. The highest BCUT2D eigenvalue weighted by Crippen LogP contribution is 2.56. The van der Waals surface area contributed by atoms with Gasteiger partial charge in [0.15, 0.2) is 0 Å². The van der Waals surface area contributed by atoms with Crippen LogP contribution >= 0.6 is 11.8 Å². The highest BCUT2D eigenvalue weighted by atomic mass is 32.2. The molecule has 0 fully saturated rings. The number of fused-ring (bicyclic) bond motifs is 3. The van der Waals surface area contributed by atoms with E-state index in [1.165, 1.54) is 150 Å². The first kappa shape index (κ1) is 47.0. The highest BCUT2D eigenvalue weighted by molar-refractivity contribution is 7.98. The molecule has 1 nitrogen and oxygen atoms in total. The van der Waals surface area contributed by atoms with Crippen molar-refractivity contribution >= 4 is 28.8 Å². The summed E-state index contributed by atoms with van der Waals surface area (Å²) in [5.74, 6) is 0. The molecule has 344 valence electrons. The van der Waals surface area contributed by atoms with E-state index < -0.39 is 0 Å². The maximum atomic E-state index is 2.60. The first-order chi connectivity index (χ1) is 33.6. The average Bonchev–Trinajstić information content (AvgIpc) is 3.67. The van der Waals surface area contributed by atoms with Gasteiger partial charge in [-0.2, -0.15) is 0 Å². The van der Waals surface area contributed by atoms with Crippen molar-refractivity contribution in [3.05, 3.63) is 205 Å². The van der Waals surface area contributed by atoms with Gasteiger partial charge in [-0.25, -0.2) is 0 Å². The maximum Gasteiger partial charge on any atom is 0.0462 e. The summed E-state index contributed by atoms with van der Waals surface area (Å²) in [6.07, 6.45) is 20.3. The molecule has 0 unspecified atom stereocenters. The summed E-state index contributed by atoms with van der Waals surface area (Å²) >= 11 is 1.78. The first-order valence-corrected chi connectivity index (χ1v) is 27.0. The molecule has 8 aromatic carbocycles. The van der Waals surface area contributed by atoms with Crippen LogP contribution in [-0.4, -0.2) is 6.26 Å². The lowest BCUT2D eigenvalue weighted by Crippen LogP contribution is -2.25. The van der Waals surface area contributed by atoms with Gasteiger partial charge in [-0.3, -0.25) is 0 Å². The summed E-state index contributed by atoms with van der Waals surface area (Å²) < 4.78 is 0. The molecule has 0 aromatic heterocycles. The minimum Gasteiger partial charge on any atom is -0.311 e. The number of nitrogens with zero attached hydrogens (tertiary/aromatic N) is 1. The molecular weight excluding hydrogens is 839 g/mol. The van der Waals surface area contributed by atoms with Crippen LogP contribution in [0.4, 0.5) is 17.1 Å². The lowest BCUT2D eigenvalue weighted by molar-refractivity contribution is 0.398. The molecule has 9 rings (SSSR count). The number of rotatable bonds is 22. The van der Waals surface area contributed by atoms with Gasteiger partial charge in [0.25, 0.3) is 0 Å². The zero-order valence-corrected chi connectivity index (χ0v) is 41.5. The second-order valence-electron chi connectivity index (χ2n) is 19.1. The second-order valence-corrected chi connectivity index (χ2v) is 20.0. The van der Waals surface area contributed by atoms with Crippen LogP contribution in [0.15, 0.2) is 199 Å². The van der Waals surface area contributed by atoms with Gasteiger partial charge in [0.2, 0.25) is 0 Å². The van der Waals surface area contributed by atoms with E-state index in [4.69, 9.17) is 0 Å². The molecule has 0 saturated heterocycles. The molecule has 68 heavy (non-hydrogen) atoms. The van der Waals surface area contributed by atoms with Crippen LogP contribution < -0.4 is 4.90 Å². The highest BCUT2D eigenvalue weighted by Gasteiger charge is 2.42. The lowest BCUT2D eigenvalue weighted by atomic mass is 9.70. The van der Waals surface area contributed by atoms with Crippen LogP contribution in [0.5, 0.6) is 0 Å². The van der Waals surface area contributed by atoms with E-state index in [1.54, 1.807) is 22.9 Å². The number of unbranched alkanes of at least 4 members (excludes halogenated alkanes) is 10. The standard InChI is InChI=1S/C66H69NS/c1-4-6-8-10-12-20-46-66(47-21-13-11-9-7-5-2)64-48-56(51-24-18-15-19-25-51)34-44-62(64)63-45-35-57(49-65(63)66)55-30-40-60(41-31-55)67(58-36-26-52(27-37-58)50-22-16-14-17-23-50)59-38-28-53(29-39-59)54-32-42-61(68-3)43-33-54/h14-19,22-45,48-49H,4-13,20-21,46-47H2,1-3H3. The summed E-state index contributed by atoms with van der Waals surface area (Å²) in [6, 6.07) is 72.9. The molecule has 0 N–H and O–H groups in total. The summed E-state index contributed by atoms with van der Waals surface area (Å²) in [4.78, 5) is 3.68. The van der Waals surface area contributed by atoms with E-state index >= 15 is 0 Å². The fourth-order valence-electron chi connectivity index (χ4n) is 10.8. The van der Waals surface area contributed by atoms with Gasteiger partial charge in [-0.05, 0) is 147 Å². The molecule has 0 radical (unpaired) electrons. The third kappa shape index (κ3) is 10.6. The summed E-state index contributed by atoms with van der Waals surface area (Å²) in [7, 11) is 0. The Balaban J connectivity index is 1.07. The minimum absolute atomic E-state index is 0.00714. The van der Waals surface area contributed by atoms with Crippen molar-refractivity contribution < 1.29 is 0 Å². The van der Waals surface area contributed by atoms with Crippen molar-refractivity contribution in [1.29, 1.82) is 0 Å². The van der Waals surface area contributed by atoms with Crippen LogP contribution in [0.1, 0.15) is 115 Å². The normalized spacial score (nSPS) is 12.5. The largest absolute Gasteiger partial charge is 0.311 e. The molecule has 0 amide bonds. The Hall–Kier alpha value is -6.09. The number of hydrogen-bond donors (Lipinski definition) is 0. The predicted molar refractivity (Wildman–Crippen MR) is 297 cm³/mol. The number of benzene rings is 8. The summed E-state index contributed by atoms with van der Waals surface area (Å²) in [5, 5.41) is 0. The molecule has 8 aromatic rings. The van der Waals surface area contributed by atoms with Crippen LogP contribution in [0.3, 0.4) is 0 Å². The molecule has 0 saturated carbocycles. The quantitative estimate of drug-likeness (QED) is 0.0492. The Morgan fingerprint density at radius 2 is 0.662 bits per heavy atom. The third-order valence-electron chi connectivity index (χ3n) is 14.6. The lowest BCUT2D eigenvalue weighted by Gasteiger charge is -2.33. The van der Waals surface area contributed by atoms with Crippen molar-refractivity contribution in [2.75, 3.05) is 11.2 Å². The second kappa shape index (κ2) is 22.8. The average molecular weight is 908 g/mol. The Morgan fingerprint density at radius 1 is 0.338 bits per heavy atom. The maximum absolute atomic E-state index is 2.60. The molecule has 0 spiro atoms.